The first-order valence-electron chi connectivity index (χ1n) is 16.0. The lowest BCUT2D eigenvalue weighted by Crippen LogP contribution is -2.39. The maximum atomic E-state index is 14.0. The fourth-order valence-corrected chi connectivity index (χ4v) is 5.96. The summed E-state index contributed by atoms with van der Waals surface area (Å²) in [7, 11) is -4.25. The number of aryl methyl sites for hydroxylation is 1. The number of aromatic nitrogens is 5. The monoisotopic (exact) mass is 743 g/mol. The molecule has 0 saturated heterocycles. The molecule has 0 fully saturated rings. The van der Waals surface area contributed by atoms with Crippen LogP contribution >= 0.6 is 0 Å². The minimum absolute atomic E-state index is 0.0437. The number of carbonyl (C=O) groups excluding carboxylic acids is 1. The Morgan fingerprint density at radius 1 is 0.981 bits per heavy atom. The van der Waals surface area contributed by atoms with Crippen molar-refractivity contribution in [2.75, 3.05) is 0 Å². The number of carbonyl (C=O) groups is 1. The Morgan fingerprint density at radius 2 is 1.64 bits per heavy atom. The number of alkyl halides is 3. The molecule has 0 spiro atoms. The molecule has 6 aromatic rings. The van der Waals surface area contributed by atoms with Crippen molar-refractivity contribution in [3.8, 4) is 22.8 Å². The predicted molar refractivity (Wildman–Crippen MR) is 188 cm³/mol. The van der Waals surface area contributed by atoms with Gasteiger partial charge in [0.15, 0.2) is 18.1 Å². The number of hydrogen-bond acceptors (Lipinski definition) is 6. The standard InChI is InChI=1S/C31H26F3N7O2.C6H6O3S/c1-5-38-17-14-22(15-18-38)20(2)37-29(42)40-28(27-13-16-36-41(27)25-11-9-24(35-4)10-12-25)21(3)39(30(40)43)26-8-6-7-23(19-26)31(32,33)34;7-10(8,9)6-4-2-1-3-5-6/h6-20H,5H2,1-3H3;1-5H,(H,7,8,9)/t20-;/m0./s1. The highest BCUT2D eigenvalue weighted by molar-refractivity contribution is 7.85. The highest BCUT2D eigenvalue weighted by atomic mass is 32.2. The molecular formula is C37H32F3N7O5S. The number of halogens is 3. The van der Waals surface area contributed by atoms with Crippen LogP contribution in [-0.4, -0.2) is 37.9 Å². The van der Waals surface area contributed by atoms with Crippen molar-refractivity contribution in [2.45, 2.75) is 44.4 Å². The molecule has 0 radical (unpaired) electrons. The van der Waals surface area contributed by atoms with Crippen molar-refractivity contribution in [1.29, 1.82) is 0 Å². The van der Waals surface area contributed by atoms with E-state index in [1.54, 1.807) is 50.2 Å². The third-order valence-electron chi connectivity index (χ3n) is 8.18. The Balaban J connectivity index is 0.000000469. The van der Waals surface area contributed by atoms with Crippen LogP contribution in [0.5, 0.6) is 0 Å². The van der Waals surface area contributed by atoms with Crippen LogP contribution in [0.4, 0.5) is 23.7 Å². The lowest BCUT2D eigenvalue weighted by molar-refractivity contribution is -0.693. The number of nitrogens with one attached hydrogen (secondary N) is 1. The number of hydrogen-bond donors (Lipinski definition) is 1. The summed E-state index contributed by atoms with van der Waals surface area (Å²) in [5, 5.41) is 7.23. The van der Waals surface area contributed by atoms with Gasteiger partial charge >= 0.3 is 17.9 Å². The molecule has 0 unspecified atom stereocenters. The van der Waals surface area contributed by atoms with Crippen molar-refractivity contribution in [1.82, 2.24) is 24.2 Å². The molecule has 3 aromatic carbocycles. The van der Waals surface area contributed by atoms with Crippen molar-refractivity contribution in [3.63, 3.8) is 0 Å². The third-order valence-corrected chi connectivity index (χ3v) is 9.03. The number of pyridine rings is 1. The van der Waals surface area contributed by atoms with Crippen molar-refractivity contribution in [3.05, 3.63) is 154 Å². The Bertz CT molecular complexity index is 2450. The first kappa shape index (κ1) is 37.9. The van der Waals surface area contributed by atoms with E-state index in [2.05, 4.69) is 15.3 Å². The molecule has 272 valence electrons. The number of imidazole rings is 1. The molecule has 3 heterocycles. The summed E-state index contributed by atoms with van der Waals surface area (Å²) in [6.45, 7) is 13.3. The van der Waals surface area contributed by atoms with E-state index in [9.17, 15) is 35.7 Å². The maximum Gasteiger partial charge on any atom is 0.416 e. The largest absolute Gasteiger partial charge is 0.744 e. The van der Waals surface area contributed by atoms with Gasteiger partial charge in [0.2, 0.25) is 0 Å². The SMILES string of the molecule is O=S(=O)([O-])c1ccccc1.[C-]#[N+]c1ccc(-n2nccc2-c2c(C)n(-c3cccc(C(F)(F)F)c3)c(=O)n2C(=O)N[C@@H](C)c2cc[n+](CC)cc2)cc1. The minimum Gasteiger partial charge on any atom is -0.744 e. The molecule has 1 N–H and O–H groups in total. The van der Waals surface area contributed by atoms with E-state index in [0.29, 0.717) is 17.1 Å². The quantitative estimate of drug-likeness (QED) is 0.111. The summed E-state index contributed by atoms with van der Waals surface area (Å²) in [5.74, 6) is 0. The summed E-state index contributed by atoms with van der Waals surface area (Å²) in [6.07, 6.45) is 0.609. The second-order valence-electron chi connectivity index (χ2n) is 11.6. The molecule has 0 bridgehead atoms. The van der Waals surface area contributed by atoms with Gasteiger partial charge in [-0.2, -0.15) is 18.3 Å². The highest BCUT2D eigenvalue weighted by Crippen LogP contribution is 2.32. The van der Waals surface area contributed by atoms with Gasteiger partial charge in [-0.3, -0.25) is 4.57 Å². The van der Waals surface area contributed by atoms with Gasteiger partial charge in [-0.05, 0) is 74.9 Å². The van der Waals surface area contributed by atoms with E-state index in [-0.39, 0.29) is 22.0 Å². The minimum atomic E-state index is -4.63. The zero-order valence-corrected chi connectivity index (χ0v) is 29.3. The molecule has 0 aliphatic carbocycles. The number of rotatable bonds is 7. The van der Waals surface area contributed by atoms with Crippen LogP contribution in [0.25, 0.3) is 27.6 Å². The molecule has 53 heavy (non-hydrogen) atoms. The van der Waals surface area contributed by atoms with Crippen LogP contribution in [0.1, 0.15) is 36.7 Å². The van der Waals surface area contributed by atoms with E-state index in [4.69, 9.17) is 6.57 Å². The Morgan fingerprint density at radius 3 is 2.21 bits per heavy atom. The highest BCUT2D eigenvalue weighted by Gasteiger charge is 2.32. The molecular weight excluding hydrogens is 712 g/mol. The van der Waals surface area contributed by atoms with Gasteiger partial charge < -0.3 is 9.87 Å². The van der Waals surface area contributed by atoms with E-state index in [1.165, 1.54) is 47.3 Å². The second-order valence-corrected chi connectivity index (χ2v) is 13.0. The lowest BCUT2D eigenvalue weighted by atomic mass is 10.1. The Labute approximate surface area is 302 Å². The second kappa shape index (κ2) is 15.5. The van der Waals surface area contributed by atoms with E-state index < -0.39 is 39.6 Å². The molecule has 1 amide bonds. The zero-order chi connectivity index (χ0) is 38.5. The van der Waals surface area contributed by atoms with Crippen molar-refractivity contribution in [2.24, 2.45) is 0 Å². The molecule has 12 nitrogen and oxygen atoms in total. The van der Waals surface area contributed by atoms with Crippen LogP contribution < -0.4 is 15.6 Å². The maximum absolute atomic E-state index is 14.0. The zero-order valence-electron chi connectivity index (χ0n) is 28.5. The summed E-state index contributed by atoms with van der Waals surface area (Å²) >= 11 is 0. The Kier molecular flexibility index (Phi) is 11.1. The average molecular weight is 744 g/mol. The van der Waals surface area contributed by atoms with Crippen LogP contribution in [0.3, 0.4) is 0 Å². The summed E-state index contributed by atoms with van der Waals surface area (Å²) in [4.78, 5) is 31.0. The molecule has 0 aliphatic heterocycles. The van der Waals surface area contributed by atoms with Gasteiger partial charge in [-0.15, -0.1) is 0 Å². The summed E-state index contributed by atoms with van der Waals surface area (Å²) in [5.41, 5.74) is 0.685. The van der Waals surface area contributed by atoms with Crippen LogP contribution in [0.2, 0.25) is 0 Å². The Hall–Kier alpha value is -6.31. The van der Waals surface area contributed by atoms with Gasteiger partial charge in [0.25, 0.3) is 0 Å². The van der Waals surface area contributed by atoms with Crippen LogP contribution in [-0.2, 0) is 22.8 Å². The molecule has 6 rings (SSSR count). The molecule has 3 aromatic heterocycles. The van der Waals surface area contributed by atoms with E-state index in [0.717, 1.165) is 33.4 Å². The normalized spacial score (nSPS) is 12.0. The molecule has 1 atom stereocenters. The predicted octanol–water partition coefficient (Wildman–Crippen LogP) is 6.59. The third kappa shape index (κ3) is 8.43. The fraction of sp³-hybridized carbons (Fsp3) is 0.162. The van der Waals surface area contributed by atoms with Crippen LogP contribution in [0, 0.1) is 13.5 Å². The topological polar surface area (TPSA) is 139 Å². The first-order valence-corrected chi connectivity index (χ1v) is 17.4. The number of benzene rings is 3. The van der Waals surface area contributed by atoms with Gasteiger partial charge in [0.05, 0.1) is 52.0 Å². The number of nitrogens with zero attached hydrogens (tertiary/aromatic N) is 6. The van der Waals surface area contributed by atoms with E-state index in [1.807, 2.05) is 36.0 Å². The lowest BCUT2D eigenvalue weighted by Gasteiger charge is -2.15. The van der Waals surface area contributed by atoms with Gasteiger partial charge in [0, 0.05) is 12.1 Å². The fourth-order valence-electron chi connectivity index (χ4n) is 5.47. The number of amides is 1. The molecule has 0 saturated carbocycles. The summed E-state index contributed by atoms with van der Waals surface area (Å²) in [6, 6.07) is 22.2. The van der Waals surface area contributed by atoms with Crippen LogP contribution in [0.15, 0.2) is 125 Å². The van der Waals surface area contributed by atoms with Gasteiger partial charge in [-0.25, -0.2) is 36.7 Å². The van der Waals surface area contributed by atoms with Crippen molar-refractivity contribution >= 4 is 21.8 Å². The van der Waals surface area contributed by atoms with E-state index >= 15 is 0 Å². The molecule has 0 aliphatic rings. The van der Waals surface area contributed by atoms with Gasteiger partial charge in [0.1, 0.15) is 22.4 Å². The van der Waals surface area contributed by atoms with Gasteiger partial charge in [-0.1, -0.05) is 36.4 Å². The van der Waals surface area contributed by atoms with Crippen molar-refractivity contribution < 1.29 is 35.5 Å². The summed E-state index contributed by atoms with van der Waals surface area (Å²) < 4.78 is 77.0. The first-order chi connectivity index (χ1) is 25.1. The molecule has 16 heteroatoms. The smallest absolute Gasteiger partial charge is 0.416 e. The average Bonchev–Trinajstić information content (AvgIpc) is 3.73.